The summed E-state index contributed by atoms with van der Waals surface area (Å²) in [4.78, 5) is 24.9. The maximum absolute atomic E-state index is 12.2. The molecule has 2 heterocycles. The Balaban J connectivity index is 1.97. The Morgan fingerprint density at radius 1 is 1.33 bits per heavy atom. The van der Waals surface area contributed by atoms with E-state index in [-0.39, 0.29) is 17.6 Å². The van der Waals surface area contributed by atoms with Crippen LogP contribution in [0.25, 0.3) is 0 Å². The Morgan fingerprint density at radius 2 is 1.96 bits per heavy atom. The van der Waals surface area contributed by atoms with Gasteiger partial charge in [0.2, 0.25) is 0 Å². The summed E-state index contributed by atoms with van der Waals surface area (Å²) in [6.45, 7) is 7.07. The van der Waals surface area contributed by atoms with Crippen molar-refractivity contribution in [2.45, 2.75) is 45.2 Å². The quantitative estimate of drug-likeness (QED) is 0.766. The highest BCUT2D eigenvalue weighted by Gasteiger charge is 2.24. The molecule has 0 unspecified atom stereocenters. The van der Waals surface area contributed by atoms with Crippen molar-refractivity contribution in [2.75, 3.05) is 18.4 Å². The minimum atomic E-state index is -0.426. The van der Waals surface area contributed by atoms with Crippen molar-refractivity contribution in [1.82, 2.24) is 14.8 Å². The van der Waals surface area contributed by atoms with Gasteiger partial charge in [0.05, 0.1) is 5.56 Å². The first kappa shape index (κ1) is 17.7. The molecule has 1 saturated heterocycles. The lowest BCUT2D eigenvalue weighted by atomic mass is 10.1. The van der Waals surface area contributed by atoms with Crippen LogP contribution in [0.5, 0.6) is 0 Å². The average Bonchev–Trinajstić information content (AvgIpc) is 2.90. The van der Waals surface area contributed by atoms with Crippen molar-refractivity contribution in [3.05, 3.63) is 17.8 Å². The molecular weight excluding hydrogens is 308 g/mol. The molecule has 2 rings (SSSR count). The number of carbonyl (C=O) groups excluding carboxylic acids is 2. The molecule has 0 aromatic carbocycles. The van der Waals surface area contributed by atoms with Crippen LogP contribution in [-0.4, -0.2) is 40.7 Å². The predicted molar refractivity (Wildman–Crippen MR) is 90.5 cm³/mol. The number of nitrogens with zero attached hydrogens (tertiary/aromatic N) is 3. The van der Waals surface area contributed by atoms with Crippen LogP contribution in [0.15, 0.2) is 12.3 Å². The number of nitrogens with two attached hydrogens (primary N) is 1. The summed E-state index contributed by atoms with van der Waals surface area (Å²) in [6, 6.07) is 2.99. The van der Waals surface area contributed by atoms with Crippen molar-refractivity contribution < 1.29 is 9.59 Å². The van der Waals surface area contributed by atoms with E-state index in [0.717, 1.165) is 0 Å². The molecule has 0 saturated carbocycles. The van der Waals surface area contributed by atoms with Gasteiger partial charge in [-0.05, 0) is 39.7 Å². The van der Waals surface area contributed by atoms with Gasteiger partial charge in [0, 0.05) is 30.9 Å². The summed E-state index contributed by atoms with van der Waals surface area (Å²) in [5.74, 6) is 0.575. The van der Waals surface area contributed by atoms with E-state index < -0.39 is 6.03 Å². The van der Waals surface area contributed by atoms with E-state index in [0.29, 0.717) is 37.3 Å². The van der Waals surface area contributed by atoms with Crippen LogP contribution in [0.1, 0.15) is 39.2 Å². The SMILES string of the molecule is CC(C)(C)n1cc(C#N)cc1NC(=O)NC1CCN(C(N)=O)CC1. The van der Waals surface area contributed by atoms with Gasteiger partial charge in [-0.15, -0.1) is 0 Å². The smallest absolute Gasteiger partial charge is 0.320 e. The molecule has 0 spiro atoms. The monoisotopic (exact) mass is 332 g/mol. The third-order valence-corrected chi connectivity index (χ3v) is 4.06. The first-order chi connectivity index (χ1) is 11.2. The number of nitriles is 1. The van der Waals surface area contributed by atoms with Gasteiger partial charge in [-0.25, -0.2) is 9.59 Å². The molecule has 4 amide bonds. The molecule has 0 atom stereocenters. The Labute approximate surface area is 141 Å². The first-order valence-electron chi connectivity index (χ1n) is 7.95. The number of nitrogens with one attached hydrogen (secondary N) is 2. The molecule has 1 aromatic heterocycles. The summed E-state index contributed by atoms with van der Waals surface area (Å²) < 4.78 is 1.86. The van der Waals surface area contributed by atoms with E-state index in [4.69, 9.17) is 11.0 Å². The van der Waals surface area contributed by atoms with Gasteiger partial charge in [-0.2, -0.15) is 5.26 Å². The fraction of sp³-hybridized carbons (Fsp3) is 0.562. The predicted octanol–water partition coefficient (Wildman–Crippen LogP) is 1.78. The number of urea groups is 2. The average molecular weight is 332 g/mol. The second kappa shape index (κ2) is 6.83. The number of likely N-dealkylation sites (tertiary alicyclic amines) is 1. The number of anilines is 1. The van der Waals surface area contributed by atoms with Crippen LogP contribution in [0, 0.1) is 11.3 Å². The number of hydrogen-bond acceptors (Lipinski definition) is 3. The van der Waals surface area contributed by atoms with Crippen LogP contribution in [0.3, 0.4) is 0 Å². The topological polar surface area (TPSA) is 116 Å². The zero-order chi connectivity index (χ0) is 17.9. The molecule has 8 nitrogen and oxygen atoms in total. The fourth-order valence-electron chi connectivity index (χ4n) is 2.76. The lowest BCUT2D eigenvalue weighted by molar-refractivity contribution is 0.185. The summed E-state index contributed by atoms with van der Waals surface area (Å²) in [7, 11) is 0. The van der Waals surface area contributed by atoms with Crippen LogP contribution < -0.4 is 16.4 Å². The van der Waals surface area contributed by atoms with Crippen molar-refractivity contribution >= 4 is 17.9 Å². The van der Waals surface area contributed by atoms with E-state index in [2.05, 4.69) is 16.7 Å². The third kappa shape index (κ3) is 4.19. The fourth-order valence-corrected chi connectivity index (χ4v) is 2.76. The molecule has 0 aliphatic carbocycles. The highest BCUT2D eigenvalue weighted by Crippen LogP contribution is 2.24. The lowest BCUT2D eigenvalue weighted by Crippen LogP contribution is -2.49. The second-order valence-electron chi connectivity index (χ2n) is 6.96. The van der Waals surface area contributed by atoms with E-state index >= 15 is 0 Å². The van der Waals surface area contributed by atoms with Gasteiger partial charge < -0.3 is 20.5 Å². The van der Waals surface area contributed by atoms with E-state index in [1.165, 1.54) is 0 Å². The van der Waals surface area contributed by atoms with Crippen LogP contribution in [0.4, 0.5) is 15.4 Å². The van der Waals surface area contributed by atoms with Gasteiger partial charge in [-0.3, -0.25) is 5.32 Å². The molecule has 24 heavy (non-hydrogen) atoms. The minimum Gasteiger partial charge on any atom is -0.351 e. The van der Waals surface area contributed by atoms with Crippen molar-refractivity contribution in [1.29, 1.82) is 5.26 Å². The Bertz CT molecular complexity index is 659. The lowest BCUT2D eigenvalue weighted by Gasteiger charge is -2.31. The maximum Gasteiger partial charge on any atom is 0.320 e. The van der Waals surface area contributed by atoms with Gasteiger partial charge in [0.15, 0.2) is 0 Å². The number of amides is 4. The molecule has 1 aromatic rings. The Hall–Kier alpha value is -2.69. The van der Waals surface area contributed by atoms with Gasteiger partial charge in [0.25, 0.3) is 0 Å². The largest absolute Gasteiger partial charge is 0.351 e. The molecule has 1 aliphatic heterocycles. The maximum atomic E-state index is 12.2. The molecular formula is C16H24N6O2. The first-order valence-corrected chi connectivity index (χ1v) is 7.95. The van der Waals surface area contributed by atoms with Gasteiger partial charge >= 0.3 is 12.1 Å². The molecule has 0 bridgehead atoms. The molecule has 8 heteroatoms. The second-order valence-corrected chi connectivity index (χ2v) is 6.96. The van der Waals surface area contributed by atoms with Crippen molar-refractivity contribution in [3.63, 3.8) is 0 Å². The van der Waals surface area contributed by atoms with E-state index in [9.17, 15) is 9.59 Å². The molecule has 130 valence electrons. The third-order valence-electron chi connectivity index (χ3n) is 4.06. The number of carbonyl (C=O) groups is 2. The van der Waals surface area contributed by atoms with Crippen LogP contribution in [-0.2, 0) is 5.54 Å². The highest BCUT2D eigenvalue weighted by atomic mass is 16.2. The van der Waals surface area contributed by atoms with Crippen molar-refractivity contribution in [2.24, 2.45) is 5.73 Å². The van der Waals surface area contributed by atoms with Crippen molar-refractivity contribution in [3.8, 4) is 6.07 Å². The number of rotatable bonds is 2. The molecule has 0 radical (unpaired) electrons. The Morgan fingerprint density at radius 3 is 2.46 bits per heavy atom. The zero-order valence-corrected chi connectivity index (χ0v) is 14.3. The number of primary amides is 1. The zero-order valence-electron chi connectivity index (χ0n) is 14.3. The Kier molecular flexibility index (Phi) is 5.02. The van der Waals surface area contributed by atoms with E-state index in [1.807, 2.05) is 25.3 Å². The normalized spacial score (nSPS) is 15.7. The summed E-state index contributed by atoms with van der Waals surface area (Å²) in [5.41, 5.74) is 5.48. The number of aromatic nitrogens is 1. The summed E-state index contributed by atoms with van der Waals surface area (Å²) in [6.07, 6.45) is 3.06. The van der Waals surface area contributed by atoms with Gasteiger partial charge in [0.1, 0.15) is 11.9 Å². The summed E-state index contributed by atoms with van der Waals surface area (Å²) >= 11 is 0. The van der Waals surface area contributed by atoms with E-state index in [1.54, 1.807) is 17.2 Å². The van der Waals surface area contributed by atoms with Crippen LogP contribution >= 0.6 is 0 Å². The number of piperidine rings is 1. The minimum absolute atomic E-state index is 0.00548. The molecule has 1 fully saturated rings. The standard InChI is InChI=1S/C16H24N6O2/c1-16(2,3)22-10-11(9-17)8-13(22)20-15(24)19-12-4-6-21(7-5-12)14(18)23/h8,10,12H,4-7H2,1-3H3,(H2,18,23)(H2,19,20,24). The van der Waals surface area contributed by atoms with Gasteiger partial charge in [-0.1, -0.05) is 0 Å². The number of hydrogen-bond donors (Lipinski definition) is 3. The highest BCUT2D eigenvalue weighted by molar-refractivity contribution is 5.89. The van der Waals surface area contributed by atoms with Crippen LogP contribution in [0.2, 0.25) is 0 Å². The molecule has 1 aliphatic rings. The molecule has 4 N–H and O–H groups in total. The summed E-state index contributed by atoms with van der Waals surface area (Å²) in [5, 5.41) is 14.8.